The summed E-state index contributed by atoms with van der Waals surface area (Å²) in [4.78, 5) is 31.3. The second-order valence-corrected chi connectivity index (χ2v) is 6.65. The maximum absolute atomic E-state index is 12.7. The summed E-state index contributed by atoms with van der Waals surface area (Å²) in [6.07, 6.45) is 0.935. The SMILES string of the molecule is CN(Cc1ccc(Cl)c(Cl)c1)C(=O)N(C)c1nc(CCO)n(C)c1C=O. The lowest BCUT2D eigenvalue weighted by Crippen LogP contribution is -2.39. The highest BCUT2D eigenvalue weighted by Crippen LogP contribution is 2.24. The molecule has 0 fully saturated rings. The van der Waals surface area contributed by atoms with E-state index in [2.05, 4.69) is 4.98 Å². The minimum Gasteiger partial charge on any atom is -0.396 e. The van der Waals surface area contributed by atoms with Crippen molar-refractivity contribution in [3.63, 3.8) is 0 Å². The van der Waals surface area contributed by atoms with Gasteiger partial charge in [0.25, 0.3) is 0 Å². The van der Waals surface area contributed by atoms with E-state index in [9.17, 15) is 9.59 Å². The van der Waals surface area contributed by atoms with Gasteiger partial charge in [0.15, 0.2) is 12.1 Å². The molecule has 0 saturated heterocycles. The number of imidazole rings is 1. The Morgan fingerprint density at radius 1 is 1.31 bits per heavy atom. The minimum absolute atomic E-state index is 0.0997. The van der Waals surface area contributed by atoms with Crippen LogP contribution < -0.4 is 4.90 Å². The van der Waals surface area contributed by atoms with Crippen LogP contribution in [0, 0.1) is 0 Å². The van der Waals surface area contributed by atoms with Crippen molar-refractivity contribution in [1.29, 1.82) is 0 Å². The monoisotopic (exact) mass is 398 g/mol. The Hall–Kier alpha value is -2.09. The van der Waals surface area contributed by atoms with E-state index in [-0.39, 0.29) is 24.1 Å². The van der Waals surface area contributed by atoms with Gasteiger partial charge in [-0.2, -0.15) is 0 Å². The van der Waals surface area contributed by atoms with E-state index in [4.69, 9.17) is 28.3 Å². The van der Waals surface area contributed by atoms with Crippen molar-refractivity contribution in [3.8, 4) is 0 Å². The smallest absolute Gasteiger partial charge is 0.325 e. The molecule has 2 aromatic rings. The van der Waals surface area contributed by atoms with Crippen LogP contribution in [0.25, 0.3) is 0 Å². The third-order valence-electron chi connectivity index (χ3n) is 3.99. The molecule has 140 valence electrons. The Labute approximate surface area is 161 Å². The summed E-state index contributed by atoms with van der Waals surface area (Å²) in [6.45, 7) is 0.213. The van der Waals surface area contributed by atoms with Crippen molar-refractivity contribution in [1.82, 2.24) is 14.5 Å². The van der Waals surface area contributed by atoms with E-state index >= 15 is 0 Å². The van der Waals surface area contributed by atoms with E-state index in [1.807, 2.05) is 0 Å². The Balaban J connectivity index is 2.21. The van der Waals surface area contributed by atoms with Crippen LogP contribution in [-0.2, 0) is 20.0 Å². The lowest BCUT2D eigenvalue weighted by atomic mass is 10.2. The molecule has 0 aliphatic carbocycles. The van der Waals surface area contributed by atoms with Crippen molar-refractivity contribution in [2.45, 2.75) is 13.0 Å². The average Bonchev–Trinajstić information content (AvgIpc) is 2.93. The van der Waals surface area contributed by atoms with Gasteiger partial charge in [0.2, 0.25) is 0 Å². The zero-order valence-corrected chi connectivity index (χ0v) is 16.3. The number of rotatable bonds is 6. The Kier molecular flexibility index (Phi) is 6.63. The number of halogens is 2. The molecule has 1 aromatic carbocycles. The van der Waals surface area contributed by atoms with Gasteiger partial charge in [0.1, 0.15) is 11.5 Å². The molecule has 1 aromatic heterocycles. The Bertz CT molecular complexity index is 823. The second kappa shape index (κ2) is 8.53. The first kappa shape index (κ1) is 20.2. The summed E-state index contributed by atoms with van der Waals surface area (Å²) in [6, 6.07) is 4.82. The largest absolute Gasteiger partial charge is 0.396 e. The third-order valence-corrected chi connectivity index (χ3v) is 4.73. The van der Waals surface area contributed by atoms with Crippen molar-refractivity contribution < 1.29 is 14.7 Å². The molecule has 0 atom stereocenters. The van der Waals surface area contributed by atoms with Crippen LogP contribution >= 0.6 is 23.2 Å². The standard InChI is InChI=1S/C17H20Cl2N4O3/c1-21(9-11-4-5-12(18)13(19)8-11)17(26)23(3)16-14(10-25)22(2)15(20-16)6-7-24/h4-5,8,10,24H,6-7,9H2,1-3H3. The van der Waals surface area contributed by atoms with Crippen LogP contribution in [0.15, 0.2) is 18.2 Å². The number of carbonyl (C=O) groups excluding carboxylic acids is 2. The lowest BCUT2D eigenvalue weighted by Gasteiger charge is -2.24. The maximum Gasteiger partial charge on any atom is 0.325 e. The lowest BCUT2D eigenvalue weighted by molar-refractivity contribution is 0.111. The van der Waals surface area contributed by atoms with E-state index in [1.54, 1.807) is 43.9 Å². The van der Waals surface area contributed by atoms with Gasteiger partial charge in [-0.1, -0.05) is 29.3 Å². The molecule has 0 aliphatic heterocycles. The normalized spacial score (nSPS) is 10.7. The first-order valence-corrected chi connectivity index (χ1v) is 8.60. The highest BCUT2D eigenvalue weighted by Gasteiger charge is 2.24. The molecule has 1 N–H and O–H groups in total. The predicted molar refractivity (Wildman–Crippen MR) is 101 cm³/mol. The molecule has 0 bridgehead atoms. The third kappa shape index (κ3) is 4.17. The summed E-state index contributed by atoms with van der Waals surface area (Å²) in [5.74, 6) is 0.772. The molecule has 9 heteroatoms. The number of carbonyl (C=O) groups is 2. The van der Waals surface area contributed by atoms with E-state index in [0.29, 0.717) is 35.1 Å². The number of benzene rings is 1. The fourth-order valence-electron chi connectivity index (χ4n) is 2.57. The van der Waals surface area contributed by atoms with Crippen molar-refractivity contribution in [2.24, 2.45) is 7.05 Å². The quantitative estimate of drug-likeness (QED) is 0.758. The van der Waals surface area contributed by atoms with Gasteiger partial charge in [-0.05, 0) is 17.7 Å². The summed E-state index contributed by atoms with van der Waals surface area (Å²) < 4.78 is 1.57. The summed E-state index contributed by atoms with van der Waals surface area (Å²) in [5, 5.41) is 9.97. The van der Waals surface area contributed by atoms with Gasteiger partial charge >= 0.3 is 6.03 Å². The molecule has 2 amide bonds. The van der Waals surface area contributed by atoms with E-state index in [1.165, 1.54) is 9.80 Å². The number of hydrogen-bond donors (Lipinski definition) is 1. The highest BCUT2D eigenvalue weighted by molar-refractivity contribution is 6.42. The summed E-state index contributed by atoms with van der Waals surface area (Å²) in [7, 11) is 4.86. The number of aldehydes is 1. The fourth-order valence-corrected chi connectivity index (χ4v) is 2.89. The molecule has 0 radical (unpaired) electrons. The molecule has 1 heterocycles. The molecule has 0 unspecified atom stereocenters. The van der Waals surface area contributed by atoms with Crippen LogP contribution in [0.3, 0.4) is 0 Å². The van der Waals surface area contributed by atoms with Crippen LogP contribution in [-0.4, -0.2) is 52.6 Å². The number of hydrogen-bond acceptors (Lipinski definition) is 4. The maximum atomic E-state index is 12.7. The van der Waals surface area contributed by atoms with Gasteiger partial charge in [0.05, 0.1) is 16.7 Å². The van der Waals surface area contributed by atoms with Crippen LogP contribution in [0.1, 0.15) is 21.9 Å². The zero-order valence-electron chi connectivity index (χ0n) is 14.7. The number of anilines is 1. The number of aromatic nitrogens is 2. The molecule has 26 heavy (non-hydrogen) atoms. The Morgan fingerprint density at radius 2 is 2.00 bits per heavy atom. The number of amides is 2. The van der Waals surface area contributed by atoms with Crippen LogP contribution in [0.4, 0.5) is 10.6 Å². The Morgan fingerprint density at radius 3 is 2.58 bits per heavy atom. The number of aliphatic hydroxyl groups excluding tert-OH is 1. The predicted octanol–water partition coefficient (Wildman–Crippen LogP) is 2.76. The van der Waals surface area contributed by atoms with Gasteiger partial charge in [-0.3, -0.25) is 9.69 Å². The second-order valence-electron chi connectivity index (χ2n) is 5.83. The molecule has 2 rings (SSSR count). The van der Waals surface area contributed by atoms with Crippen molar-refractivity contribution in [2.75, 3.05) is 25.6 Å². The number of nitrogens with zero attached hydrogens (tertiary/aromatic N) is 4. The highest BCUT2D eigenvalue weighted by atomic mass is 35.5. The van der Waals surface area contributed by atoms with E-state index < -0.39 is 0 Å². The van der Waals surface area contributed by atoms with Gasteiger partial charge < -0.3 is 14.6 Å². The van der Waals surface area contributed by atoms with Crippen LogP contribution in [0.2, 0.25) is 10.0 Å². The molecule has 7 nitrogen and oxygen atoms in total. The molecular formula is C17H20Cl2N4O3. The van der Waals surface area contributed by atoms with Crippen molar-refractivity contribution >= 4 is 41.3 Å². The topological polar surface area (TPSA) is 78.7 Å². The average molecular weight is 399 g/mol. The van der Waals surface area contributed by atoms with Crippen LogP contribution in [0.5, 0.6) is 0 Å². The van der Waals surface area contributed by atoms with Gasteiger partial charge in [-0.25, -0.2) is 9.78 Å². The zero-order chi connectivity index (χ0) is 19.4. The first-order valence-electron chi connectivity index (χ1n) is 7.84. The summed E-state index contributed by atoms with van der Waals surface area (Å²) >= 11 is 11.9. The fraction of sp³-hybridized carbons (Fsp3) is 0.353. The molecule has 0 aliphatic rings. The van der Waals surface area contributed by atoms with E-state index in [0.717, 1.165) is 5.56 Å². The van der Waals surface area contributed by atoms with Gasteiger partial charge in [0, 0.05) is 34.1 Å². The molecular weight excluding hydrogens is 379 g/mol. The summed E-state index contributed by atoms with van der Waals surface area (Å²) in [5.41, 5.74) is 1.09. The number of urea groups is 1. The number of aliphatic hydroxyl groups is 1. The molecule has 0 saturated carbocycles. The molecule has 0 spiro atoms. The van der Waals surface area contributed by atoms with Gasteiger partial charge in [-0.15, -0.1) is 0 Å². The minimum atomic E-state index is -0.340. The van der Waals surface area contributed by atoms with Crippen molar-refractivity contribution in [3.05, 3.63) is 45.3 Å². The first-order chi connectivity index (χ1) is 12.3.